The third-order valence-corrected chi connectivity index (χ3v) is 3.83. The summed E-state index contributed by atoms with van der Waals surface area (Å²) in [6.07, 6.45) is 0. The van der Waals surface area contributed by atoms with Crippen LogP contribution >= 0.6 is 11.3 Å². The van der Waals surface area contributed by atoms with E-state index in [1.165, 1.54) is 11.3 Å². The fraction of sp³-hybridized carbons (Fsp3) is 0.286. The van der Waals surface area contributed by atoms with Gasteiger partial charge < -0.3 is 5.32 Å². The minimum absolute atomic E-state index is 0.000469. The molecule has 3 nitrogen and oxygen atoms in total. The molecule has 1 heterocycles. The molecule has 0 bridgehead atoms. The van der Waals surface area contributed by atoms with Gasteiger partial charge in [-0.05, 0) is 26.3 Å². The Morgan fingerprint density at radius 2 is 1.94 bits per heavy atom. The van der Waals surface area contributed by atoms with E-state index in [-0.39, 0.29) is 11.9 Å². The Balaban J connectivity index is 2.10. The van der Waals surface area contributed by atoms with Gasteiger partial charge in [0.25, 0.3) is 5.91 Å². The van der Waals surface area contributed by atoms with Crippen LogP contribution in [0.25, 0.3) is 0 Å². The Labute approximate surface area is 111 Å². The summed E-state index contributed by atoms with van der Waals surface area (Å²) >= 11 is 1.44. The number of benzene rings is 1. The van der Waals surface area contributed by atoms with Crippen LogP contribution in [0, 0.1) is 13.8 Å². The van der Waals surface area contributed by atoms with E-state index in [2.05, 4.69) is 10.3 Å². The number of rotatable bonds is 3. The molecule has 0 aliphatic rings. The van der Waals surface area contributed by atoms with E-state index >= 15 is 0 Å². The zero-order valence-electron chi connectivity index (χ0n) is 10.7. The zero-order chi connectivity index (χ0) is 13.1. The van der Waals surface area contributed by atoms with Gasteiger partial charge in [0.2, 0.25) is 0 Å². The number of carbonyl (C=O) groups is 1. The number of nitrogens with zero attached hydrogens (tertiary/aromatic N) is 1. The van der Waals surface area contributed by atoms with E-state index < -0.39 is 0 Å². The van der Waals surface area contributed by atoms with Crippen molar-refractivity contribution in [1.82, 2.24) is 10.3 Å². The molecule has 18 heavy (non-hydrogen) atoms. The van der Waals surface area contributed by atoms with Crippen LogP contribution in [0.5, 0.6) is 0 Å². The third kappa shape index (κ3) is 2.76. The van der Waals surface area contributed by atoms with Crippen LogP contribution in [-0.4, -0.2) is 10.9 Å². The number of carbonyl (C=O) groups excluding carboxylic acids is 1. The fourth-order valence-electron chi connectivity index (χ4n) is 1.83. The maximum Gasteiger partial charge on any atom is 0.263 e. The fourth-order valence-corrected chi connectivity index (χ4v) is 2.65. The predicted octanol–water partition coefficient (Wildman–Crippen LogP) is 3.25. The molecule has 0 aliphatic heterocycles. The molecule has 94 valence electrons. The molecule has 1 atom stereocenters. The topological polar surface area (TPSA) is 42.0 Å². The number of hydrogen-bond acceptors (Lipinski definition) is 3. The van der Waals surface area contributed by atoms with Crippen molar-refractivity contribution in [2.75, 3.05) is 0 Å². The van der Waals surface area contributed by atoms with Crippen LogP contribution in [-0.2, 0) is 0 Å². The molecule has 0 unspecified atom stereocenters. The summed E-state index contributed by atoms with van der Waals surface area (Å²) in [7, 11) is 0. The van der Waals surface area contributed by atoms with Gasteiger partial charge in [0.15, 0.2) is 0 Å². The lowest BCUT2D eigenvalue weighted by atomic mass is 10.1. The molecule has 0 spiro atoms. The summed E-state index contributed by atoms with van der Waals surface area (Å²) in [4.78, 5) is 17.1. The van der Waals surface area contributed by atoms with Crippen LogP contribution in [0.2, 0.25) is 0 Å². The van der Waals surface area contributed by atoms with Gasteiger partial charge in [0.05, 0.1) is 16.7 Å². The van der Waals surface area contributed by atoms with E-state index in [4.69, 9.17) is 0 Å². The molecule has 1 aromatic heterocycles. The Kier molecular flexibility index (Phi) is 3.77. The summed E-state index contributed by atoms with van der Waals surface area (Å²) in [5, 5.41) is 3.92. The summed E-state index contributed by atoms with van der Waals surface area (Å²) in [5.41, 5.74) is 1.90. The highest BCUT2D eigenvalue weighted by Gasteiger charge is 2.16. The van der Waals surface area contributed by atoms with Crippen LogP contribution < -0.4 is 5.32 Å². The molecule has 1 aromatic carbocycles. The second-order valence-electron chi connectivity index (χ2n) is 4.25. The minimum atomic E-state index is -0.0468. The first-order valence-electron chi connectivity index (χ1n) is 5.87. The van der Waals surface area contributed by atoms with E-state index in [9.17, 15) is 4.79 Å². The lowest BCUT2D eigenvalue weighted by Crippen LogP contribution is -2.26. The largest absolute Gasteiger partial charge is 0.345 e. The van der Waals surface area contributed by atoms with Crippen molar-refractivity contribution in [2.24, 2.45) is 0 Å². The number of amides is 1. The molecular formula is C14H16N2OS. The quantitative estimate of drug-likeness (QED) is 0.920. The van der Waals surface area contributed by atoms with Gasteiger partial charge in [0.1, 0.15) is 4.88 Å². The first kappa shape index (κ1) is 12.8. The van der Waals surface area contributed by atoms with Crippen molar-refractivity contribution in [3.8, 4) is 0 Å². The molecular weight excluding hydrogens is 244 g/mol. The number of nitrogens with one attached hydrogen (secondary N) is 1. The molecule has 0 aliphatic carbocycles. The summed E-state index contributed by atoms with van der Waals surface area (Å²) in [6.45, 7) is 5.76. The van der Waals surface area contributed by atoms with Crippen molar-refractivity contribution >= 4 is 17.2 Å². The average molecular weight is 260 g/mol. The van der Waals surface area contributed by atoms with Crippen molar-refractivity contribution in [2.45, 2.75) is 26.8 Å². The monoisotopic (exact) mass is 260 g/mol. The molecule has 1 amide bonds. The lowest BCUT2D eigenvalue weighted by Gasteiger charge is -2.13. The van der Waals surface area contributed by atoms with Crippen molar-refractivity contribution in [3.05, 3.63) is 51.5 Å². The molecule has 2 rings (SSSR count). The van der Waals surface area contributed by atoms with E-state index in [0.717, 1.165) is 16.3 Å². The van der Waals surface area contributed by atoms with Gasteiger partial charge in [-0.3, -0.25) is 4.79 Å². The first-order chi connectivity index (χ1) is 8.58. The summed E-state index contributed by atoms with van der Waals surface area (Å²) in [5.74, 6) is -0.0468. The second-order valence-corrected chi connectivity index (χ2v) is 5.46. The smallest absolute Gasteiger partial charge is 0.263 e. The number of aromatic nitrogens is 1. The third-order valence-electron chi connectivity index (χ3n) is 2.76. The highest BCUT2D eigenvalue weighted by molar-refractivity contribution is 7.13. The molecule has 0 saturated heterocycles. The van der Waals surface area contributed by atoms with Crippen molar-refractivity contribution in [1.29, 1.82) is 0 Å². The molecule has 1 N–H and O–H groups in total. The maximum atomic E-state index is 12.1. The minimum Gasteiger partial charge on any atom is -0.345 e. The van der Waals surface area contributed by atoms with Gasteiger partial charge >= 0.3 is 0 Å². The van der Waals surface area contributed by atoms with Gasteiger partial charge in [-0.25, -0.2) is 4.98 Å². The second kappa shape index (κ2) is 5.31. The Bertz CT molecular complexity index is 548. The highest BCUT2D eigenvalue weighted by Crippen LogP contribution is 2.19. The highest BCUT2D eigenvalue weighted by atomic mass is 32.1. The molecule has 0 radical (unpaired) electrons. The standard InChI is InChI=1S/C14H16N2OS/c1-9(12-7-5-4-6-8-12)16-14(17)13-10(2)15-11(3)18-13/h4-9H,1-3H3,(H,16,17)/t9-/m0/s1. The van der Waals surface area contributed by atoms with E-state index in [1.54, 1.807) is 0 Å². The maximum absolute atomic E-state index is 12.1. The first-order valence-corrected chi connectivity index (χ1v) is 6.69. The van der Waals surface area contributed by atoms with E-state index in [1.807, 2.05) is 51.1 Å². The van der Waals surface area contributed by atoms with Crippen molar-refractivity contribution in [3.63, 3.8) is 0 Å². The number of thiazole rings is 1. The molecule has 2 aromatic rings. The average Bonchev–Trinajstić information content (AvgIpc) is 2.69. The van der Waals surface area contributed by atoms with Crippen LogP contribution in [0.3, 0.4) is 0 Å². The molecule has 0 saturated carbocycles. The van der Waals surface area contributed by atoms with Gasteiger partial charge in [-0.15, -0.1) is 11.3 Å². The van der Waals surface area contributed by atoms with E-state index in [0.29, 0.717) is 4.88 Å². The zero-order valence-corrected chi connectivity index (χ0v) is 11.5. The van der Waals surface area contributed by atoms with Crippen LogP contribution in [0.15, 0.2) is 30.3 Å². The summed E-state index contributed by atoms with van der Waals surface area (Å²) < 4.78 is 0. The van der Waals surface area contributed by atoms with Gasteiger partial charge in [-0.1, -0.05) is 30.3 Å². The Morgan fingerprint density at radius 3 is 2.50 bits per heavy atom. The Hall–Kier alpha value is -1.68. The summed E-state index contributed by atoms with van der Waals surface area (Å²) in [6, 6.07) is 9.93. The lowest BCUT2D eigenvalue weighted by molar-refractivity contribution is 0.0943. The van der Waals surface area contributed by atoms with Gasteiger partial charge in [-0.2, -0.15) is 0 Å². The number of aryl methyl sites for hydroxylation is 2. The number of hydrogen-bond donors (Lipinski definition) is 1. The van der Waals surface area contributed by atoms with Gasteiger partial charge in [0, 0.05) is 0 Å². The SMILES string of the molecule is Cc1nc(C)c(C(=O)N[C@@H](C)c2ccccc2)s1. The molecule has 4 heteroatoms. The predicted molar refractivity (Wildman–Crippen MR) is 73.9 cm³/mol. The normalized spacial score (nSPS) is 12.2. The van der Waals surface area contributed by atoms with Crippen LogP contribution in [0.1, 0.15) is 38.9 Å². The Morgan fingerprint density at radius 1 is 1.28 bits per heavy atom. The van der Waals surface area contributed by atoms with Crippen molar-refractivity contribution < 1.29 is 4.79 Å². The van der Waals surface area contributed by atoms with Crippen LogP contribution in [0.4, 0.5) is 0 Å². The molecule has 0 fully saturated rings.